The van der Waals surface area contributed by atoms with Crippen molar-refractivity contribution >= 4 is 11.6 Å². The van der Waals surface area contributed by atoms with Gasteiger partial charge in [-0.3, -0.25) is 4.79 Å². The van der Waals surface area contributed by atoms with Crippen LogP contribution in [0.3, 0.4) is 0 Å². The van der Waals surface area contributed by atoms with Crippen molar-refractivity contribution in [3.05, 3.63) is 29.8 Å². The molecule has 1 heterocycles. The highest BCUT2D eigenvalue weighted by Crippen LogP contribution is 2.23. The van der Waals surface area contributed by atoms with Gasteiger partial charge in [0.2, 0.25) is 5.91 Å². The third-order valence-corrected chi connectivity index (χ3v) is 3.41. The third kappa shape index (κ3) is 3.56. The number of nitrogens with zero attached hydrogens (tertiary/aromatic N) is 1. The quantitative estimate of drug-likeness (QED) is 0.794. The summed E-state index contributed by atoms with van der Waals surface area (Å²) in [4.78, 5) is 14.2. The Labute approximate surface area is 119 Å². The highest BCUT2D eigenvalue weighted by atomic mass is 16.5. The predicted molar refractivity (Wildman–Crippen MR) is 77.8 cm³/mol. The number of ether oxygens (including phenoxy) is 2. The number of carbonyl (C=O) groups excluding carboxylic acids is 1. The van der Waals surface area contributed by atoms with Crippen molar-refractivity contribution in [2.45, 2.75) is 19.5 Å². The molecule has 1 aliphatic heterocycles. The summed E-state index contributed by atoms with van der Waals surface area (Å²) >= 11 is 0. The second kappa shape index (κ2) is 7.38. The summed E-state index contributed by atoms with van der Waals surface area (Å²) in [5.41, 5.74) is 2.12. The van der Waals surface area contributed by atoms with Crippen LogP contribution in [0.2, 0.25) is 0 Å². The second-order valence-electron chi connectivity index (χ2n) is 4.83. The molecule has 0 radical (unpaired) electrons. The number of carbonyl (C=O) groups is 1. The molecule has 20 heavy (non-hydrogen) atoms. The number of para-hydroxylation sites is 1. The Morgan fingerprint density at radius 1 is 1.30 bits per heavy atom. The van der Waals surface area contributed by atoms with E-state index in [9.17, 15) is 4.79 Å². The van der Waals surface area contributed by atoms with Gasteiger partial charge in [0.25, 0.3) is 0 Å². The first kappa shape index (κ1) is 15.0. The molecule has 0 bridgehead atoms. The maximum absolute atomic E-state index is 12.4. The summed E-state index contributed by atoms with van der Waals surface area (Å²) in [6.07, 6.45) is 0. The molecule has 5 heteroatoms. The van der Waals surface area contributed by atoms with E-state index >= 15 is 0 Å². The topological polar surface area (TPSA) is 50.8 Å². The maximum atomic E-state index is 12.4. The lowest BCUT2D eigenvalue weighted by atomic mass is 10.1. The Balaban J connectivity index is 2.05. The van der Waals surface area contributed by atoms with Crippen LogP contribution in [-0.2, 0) is 20.8 Å². The molecule has 0 saturated heterocycles. The van der Waals surface area contributed by atoms with Gasteiger partial charge in [0.1, 0.15) is 0 Å². The van der Waals surface area contributed by atoms with Crippen LogP contribution in [0.4, 0.5) is 5.69 Å². The molecule has 1 atom stereocenters. The molecule has 5 nitrogen and oxygen atoms in total. The second-order valence-corrected chi connectivity index (χ2v) is 4.83. The van der Waals surface area contributed by atoms with Crippen molar-refractivity contribution < 1.29 is 14.3 Å². The predicted octanol–water partition coefficient (Wildman–Crippen LogP) is 1.17. The zero-order valence-corrected chi connectivity index (χ0v) is 12.1. The Morgan fingerprint density at radius 2 is 2.10 bits per heavy atom. The molecule has 0 aromatic heterocycles. The van der Waals surface area contributed by atoms with Crippen LogP contribution in [0.15, 0.2) is 24.3 Å². The lowest BCUT2D eigenvalue weighted by molar-refractivity contribution is -0.120. The molecule has 1 aromatic rings. The van der Waals surface area contributed by atoms with E-state index < -0.39 is 0 Å². The van der Waals surface area contributed by atoms with Gasteiger partial charge >= 0.3 is 0 Å². The van der Waals surface area contributed by atoms with E-state index in [1.807, 2.05) is 36.1 Å². The summed E-state index contributed by atoms with van der Waals surface area (Å²) in [6, 6.07) is 7.81. The fourth-order valence-corrected chi connectivity index (χ4v) is 2.26. The molecule has 1 aromatic carbocycles. The van der Waals surface area contributed by atoms with Gasteiger partial charge < -0.3 is 19.7 Å². The minimum absolute atomic E-state index is 0.0882. The molecule has 1 aliphatic rings. The minimum Gasteiger partial charge on any atom is -0.382 e. The van der Waals surface area contributed by atoms with Crippen molar-refractivity contribution in [2.75, 3.05) is 38.4 Å². The van der Waals surface area contributed by atoms with E-state index in [1.54, 1.807) is 7.11 Å². The largest absolute Gasteiger partial charge is 0.382 e. The van der Waals surface area contributed by atoms with Crippen LogP contribution in [0.5, 0.6) is 0 Å². The molecule has 0 aliphatic carbocycles. The van der Waals surface area contributed by atoms with Crippen LogP contribution in [0, 0.1) is 0 Å². The van der Waals surface area contributed by atoms with Gasteiger partial charge in [0, 0.05) is 25.9 Å². The molecule has 1 N–H and O–H groups in total. The zero-order valence-electron chi connectivity index (χ0n) is 12.1. The van der Waals surface area contributed by atoms with E-state index in [4.69, 9.17) is 9.47 Å². The number of benzene rings is 1. The van der Waals surface area contributed by atoms with Gasteiger partial charge in [-0.05, 0) is 18.6 Å². The minimum atomic E-state index is -0.179. The Hall–Kier alpha value is -1.43. The number of hydrogen-bond donors (Lipinski definition) is 1. The third-order valence-electron chi connectivity index (χ3n) is 3.41. The first-order valence-corrected chi connectivity index (χ1v) is 6.93. The number of fused-ring (bicyclic) bond motifs is 1. The number of methoxy groups -OCH3 is 1. The van der Waals surface area contributed by atoms with Crippen LogP contribution >= 0.6 is 0 Å². The van der Waals surface area contributed by atoms with Crippen molar-refractivity contribution in [1.82, 2.24) is 5.32 Å². The number of anilines is 1. The van der Waals surface area contributed by atoms with Gasteiger partial charge in [0.05, 0.1) is 25.9 Å². The molecule has 1 amide bonds. The molecule has 2 rings (SSSR count). The fourth-order valence-electron chi connectivity index (χ4n) is 2.26. The molecule has 0 fully saturated rings. The van der Waals surface area contributed by atoms with Crippen LogP contribution < -0.4 is 10.2 Å². The standard InChI is InChI=1S/C15H22N2O3/c1-12-15(18)17(7-8-20-10-9-19-2)14-6-4-3-5-13(14)11-16-12/h3-6,12,16H,7-11H2,1-2H3. The van der Waals surface area contributed by atoms with E-state index in [0.29, 0.717) is 32.9 Å². The molecule has 110 valence electrons. The van der Waals surface area contributed by atoms with Crippen molar-refractivity contribution in [3.63, 3.8) is 0 Å². The maximum Gasteiger partial charge on any atom is 0.243 e. The number of hydrogen-bond acceptors (Lipinski definition) is 4. The highest BCUT2D eigenvalue weighted by molar-refractivity contribution is 5.98. The van der Waals surface area contributed by atoms with Crippen molar-refractivity contribution in [1.29, 1.82) is 0 Å². The summed E-state index contributed by atoms with van der Waals surface area (Å²) in [5, 5.41) is 3.24. The molecular formula is C15H22N2O3. The monoisotopic (exact) mass is 278 g/mol. The van der Waals surface area contributed by atoms with Gasteiger partial charge in [-0.1, -0.05) is 18.2 Å². The molecular weight excluding hydrogens is 256 g/mol. The lowest BCUT2D eigenvalue weighted by Gasteiger charge is -2.24. The highest BCUT2D eigenvalue weighted by Gasteiger charge is 2.26. The SMILES string of the molecule is COCCOCCN1C(=O)C(C)NCc2ccccc21. The van der Waals surface area contributed by atoms with Gasteiger partial charge in [-0.2, -0.15) is 0 Å². The Kier molecular flexibility index (Phi) is 5.52. The number of amides is 1. The molecule has 0 spiro atoms. The summed E-state index contributed by atoms with van der Waals surface area (Å²) in [6.45, 7) is 4.80. The average molecular weight is 278 g/mol. The van der Waals surface area contributed by atoms with Gasteiger partial charge in [0.15, 0.2) is 0 Å². The lowest BCUT2D eigenvalue weighted by Crippen LogP contribution is -2.43. The fraction of sp³-hybridized carbons (Fsp3) is 0.533. The van der Waals surface area contributed by atoms with E-state index in [-0.39, 0.29) is 11.9 Å². The van der Waals surface area contributed by atoms with Crippen molar-refractivity contribution in [3.8, 4) is 0 Å². The summed E-state index contributed by atoms with van der Waals surface area (Å²) < 4.78 is 10.4. The normalized spacial score (nSPS) is 18.8. The molecule has 1 unspecified atom stereocenters. The summed E-state index contributed by atoms with van der Waals surface area (Å²) in [5.74, 6) is 0.0882. The number of rotatable bonds is 6. The summed E-state index contributed by atoms with van der Waals surface area (Å²) in [7, 11) is 1.64. The van der Waals surface area contributed by atoms with Gasteiger partial charge in [-0.25, -0.2) is 0 Å². The average Bonchev–Trinajstić information content (AvgIpc) is 2.59. The van der Waals surface area contributed by atoms with E-state index in [0.717, 1.165) is 11.3 Å². The molecule has 0 saturated carbocycles. The first-order valence-electron chi connectivity index (χ1n) is 6.93. The van der Waals surface area contributed by atoms with Crippen molar-refractivity contribution in [2.24, 2.45) is 0 Å². The Morgan fingerprint density at radius 3 is 2.90 bits per heavy atom. The first-order chi connectivity index (χ1) is 9.74. The number of nitrogens with one attached hydrogen (secondary N) is 1. The van der Waals surface area contributed by atoms with Gasteiger partial charge in [-0.15, -0.1) is 0 Å². The van der Waals surface area contributed by atoms with Crippen LogP contribution in [0.1, 0.15) is 12.5 Å². The Bertz CT molecular complexity index is 450. The smallest absolute Gasteiger partial charge is 0.243 e. The van der Waals surface area contributed by atoms with Crippen LogP contribution in [-0.4, -0.2) is 45.4 Å². The van der Waals surface area contributed by atoms with E-state index in [2.05, 4.69) is 5.32 Å². The van der Waals surface area contributed by atoms with E-state index in [1.165, 1.54) is 0 Å². The zero-order chi connectivity index (χ0) is 14.4. The van der Waals surface area contributed by atoms with Crippen LogP contribution in [0.25, 0.3) is 0 Å².